The van der Waals surface area contributed by atoms with E-state index < -0.39 is 0 Å². The lowest BCUT2D eigenvalue weighted by Crippen LogP contribution is -2.41. The normalized spacial score (nSPS) is 22.2. The summed E-state index contributed by atoms with van der Waals surface area (Å²) in [4.78, 5) is 0. The van der Waals surface area contributed by atoms with Gasteiger partial charge in [-0.05, 0) is 98.6 Å². The predicted octanol–water partition coefficient (Wildman–Crippen LogP) is 5.74. The van der Waals surface area contributed by atoms with E-state index in [4.69, 9.17) is 18.6 Å². The number of fused-ring (bicyclic) bond motifs is 5. The maximum Gasteiger partial charge on any atom is 0.494 e. The van der Waals surface area contributed by atoms with Crippen molar-refractivity contribution < 1.29 is 18.6 Å². The number of hydrogen-bond acceptors (Lipinski definition) is 4. The van der Waals surface area contributed by atoms with Crippen molar-refractivity contribution >= 4 is 57.5 Å². The summed E-state index contributed by atoms with van der Waals surface area (Å²) >= 11 is 0. The topological polar surface area (TPSA) is 36.9 Å². The zero-order chi connectivity index (χ0) is 25.7. The van der Waals surface area contributed by atoms with E-state index in [1.54, 1.807) is 0 Å². The number of rotatable bonds is 2. The van der Waals surface area contributed by atoms with Crippen LogP contribution in [-0.2, 0) is 18.6 Å². The summed E-state index contributed by atoms with van der Waals surface area (Å²) in [5.74, 6) is 0. The molecule has 4 aromatic rings. The minimum absolute atomic E-state index is 0.370. The van der Waals surface area contributed by atoms with Crippen molar-refractivity contribution in [1.29, 1.82) is 0 Å². The van der Waals surface area contributed by atoms with Gasteiger partial charge in [-0.25, -0.2) is 0 Å². The molecular formula is C30H34B2O4. The molecule has 184 valence electrons. The summed E-state index contributed by atoms with van der Waals surface area (Å²) in [6.07, 6.45) is 0. The molecule has 0 unspecified atom stereocenters. The van der Waals surface area contributed by atoms with Crippen molar-refractivity contribution in [2.75, 3.05) is 0 Å². The van der Waals surface area contributed by atoms with Crippen molar-refractivity contribution in [3.63, 3.8) is 0 Å². The minimum atomic E-state index is -0.384. The van der Waals surface area contributed by atoms with Crippen LogP contribution in [0.25, 0.3) is 32.3 Å². The van der Waals surface area contributed by atoms with Crippen LogP contribution in [0.4, 0.5) is 0 Å². The van der Waals surface area contributed by atoms with Crippen molar-refractivity contribution in [2.45, 2.75) is 77.8 Å². The lowest BCUT2D eigenvalue weighted by molar-refractivity contribution is 0.00578. The summed E-state index contributed by atoms with van der Waals surface area (Å²) in [7, 11) is -0.768. The third kappa shape index (κ3) is 3.53. The molecule has 0 aromatic heterocycles. The summed E-state index contributed by atoms with van der Waals surface area (Å²) in [6.45, 7) is 16.7. The Morgan fingerprint density at radius 2 is 0.722 bits per heavy atom. The third-order valence-electron chi connectivity index (χ3n) is 8.94. The Morgan fingerprint density at radius 3 is 1.06 bits per heavy atom. The molecule has 0 saturated carbocycles. The third-order valence-corrected chi connectivity index (χ3v) is 8.94. The minimum Gasteiger partial charge on any atom is -0.399 e. The fourth-order valence-electron chi connectivity index (χ4n) is 5.15. The second-order valence-electron chi connectivity index (χ2n) is 12.4. The van der Waals surface area contributed by atoms with Gasteiger partial charge in [0.05, 0.1) is 22.4 Å². The molecule has 6 rings (SSSR count). The fraction of sp³-hybridized carbons (Fsp3) is 0.400. The van der Waals surface area contributed by atoms with E-state index in [0.29, 0.717) is 0 Å². The molecule has 2 aliphatic rings. The van der Waals surface area contributed by atoms with Crippen molar-refractivity contribution in [3.8, 4) is 0 Å². The van der Waals surface area contributed by atoms with Crippen LogP contribution in [0.1, 0.15) is 55.4 Å². The first-order chi connectivity index (χ1) is 16.8. The fourth-order valence-corrected chi connectivity index (χ4v) is 5.15. The highest BCUT2D eigenvalue weighted by Gasteiger charge is 2.52. The summed E-state index contributed by atoms with van der Waals surface area (Å²) in [6, 6.07) is 21.9. The highest BCUT2D eigenvalue weighted by atomic mass is 16.7. The quantitative estimate of drug-likeness (QED) is 0.271. The Morgan fingerprint density at radius 1 is 0.417 bits per heavy atom. The second kappa shape index (κ2) is 7.58. The summed E-state index contributed by atoms with van der Waals surface area (Å²) < 4.78 is 25.4. The van der Waals surface area contributed by atoms with Crippen LogP contribution in [0.3, 0.4) is 0 Å². The predicted molar refractivity (Wildman–Crippen MR) is 150 cm³/mol. The molecule has 4 aromatic carbocycles. The molecule has 36 heavy (non-hydrogen) atoms. The maximum atomic E-state index is 6.34. The molecule has 0 spiro atoms. The van der Waals surface area contributed by atoms with E-state index in [1.807, 2.05) is 0 Å². The van der Waals surface area contributed by atoms with Crippen molar-refractivity contribution in [2.24, 2.45) is 0 Å². The van der Waals surface area contributed by atoms with Crippen LogP contribution in [-0.4, -0.2) is 36.6 Å². The Kier molecular flexibility index (Phi) is 5.05. The van der Waals surface area contributed by atoms with E-state index >= 15 is 0 Å². The smallest absolute Gasteiger partial charge is 0.399 e. The van der Waals surface area contributed by atoms with Crippen molar-refractivity contribution in [1.82, 2.24) is 0 Å². The Labute approximate surface area is 214 Å². The molecule has 6 heteroatoms. The zero-order valence-electron chi connectivity index (χ0n) is 22.6. The molecular weight excluding hydrogens is 446 g/mol. The average Bonchev–Trinajstić information content (AvgIpc) is 3.17. The van der Waals surface area contributed by atoms with Gasteiger partial charge in [-0.15, -0.1) is 0 Å². The zero-order valence-corrected chi connectivity index (χ0v) is 22.6. The van der Waals surface area contributed by atoms with Gasteiger partial charge in [0.1, 0.15) is 0 Å². The van der Waals surface area contributed by atoms with Crippen LogP contribution in [0.5, 0.6) is 0 Å². The van der Waals surface area contributed by atoms with Crippen molar-refractivity contribution in [3.05, 3.63) is 60.7 Å². The highest BCUT2D eigenvalue weighted by molar-refractivity contribution is 6.63. The van der Waals surface area contributed by atoms with Gasteiger partial charge in [-0.3, -0.25) is 0 Å². The van der Waals surface area contributed by atoms with Gasteiger partial charge in [0.2, 0.25) is 0 Å². The van der Waals surface area contributed by atoms with Gasteiger partial charge in [-0.1, -0.05) is 60.7 Å². The molecule has 0 aliphatic carbocycles. The first kappa shape index (κ1) is 24.0. The van der Waals surface area contributed by atoms with Crippen LogP contribution in [0.2, 0.25) is 0 Å². The molecule has 0 N–H and O–H groups in total. The van der Waals surface area contributed by atoms with Gasteiger partial charge in [0.25, 0.3) is 0 Å². The first-order valence-corrected chi connectivity index (χ1v) is 12.9. The van der Waals surface area contributed by atoms with Gasteiger partial charge in [-0.2, -0.15) is 0 Å². The second-order valence-corrected chi connectivity index (χ2v) is 12.4. The molecule has 2 heterocycles. The molecule has 2 aliphatic heterocycles. The number of benzene rings is 4. The molecule has 0 atom stereocenters. The summed E-state index contributed by atoms with van der Waals surface area (Å²) in [5, 5.41) is 7.22. The highest BCUT2D eigenvalue weighted by Crippen LogP contribution is 2.38. The average molecular weight is 480 g/mol. The molecule has 0 radical (unpaired) electrons. The first-order valence-electron chi connectivity index (χ1n) is 12.9. The van der Waals surface area contributed by atoms with E-state index in [-0.39, 0.29) is 36.6 Å². The van der Waals surface area contributed by atoms with Gasteiger partial charge >= 0.3 is 14.2 Å². The van der Waals surface area contributed by atoms with Gasteiger partial charge < -0.3 is 18.6 Å². The molecule has 2 saturated heterocycles. The summed E-state index contributed by atoms with van der Waals surface area (Å²) in [5.41, 5.74) is 0.605. The lowest BCUT2D eigenvalue weighted by atomic mass is 9.77. The standard InChI is InChI=1S/C30H34B2O4/c1-27(2)28(3,4)34-31(33-27)21-13-9-19-11-16-24-23(25(19)17-21)15-12-20-10-14-22(18-26(20)24)32-35-29(5,6)30(7,8)36-32/h9-18H,1-8H3. The van der Waals surface area contributed by atoms with E-state index in [1.165, 1.54) is 32.3 Å². The molecule has 4 nitrogen and oxygen atoms in total. The van der Waals surface area contributed by atoms with E-state index in [0.717, 1.165) is 10.9 Å². The Bertz CT molecular complexity index is 1380. The van der Waals surface area contributed by atoms with E-state index in [9.17, 15) is 0 Å². The lowest BCUT2D eigenvalue weighted by Gasteiger charge is -2.32. The van der Waals surface area contributed by atoms with Gasteiger partial charge in [0.15, 0.2) is 0 Å². The van der Waals surface area contributed by atoms with Crippen LogP contribution >= 0.6 is 0 Å². The number of hydrogen-bond donors (Lipinski definition) is 0. The van der Waals surface area contributed by atoms with Crippen LogP contribution in [0.15, 0.2) is 60.7 Å². The largest absolute Gasteiger partial charge is 0.494 e. The monoisotopic (exact) mass is 480 g/mol. The SMILES string of the molecule is CC1(C)OB(c2ccc3ccc4c5cc(B6OC(C)(C)C(C)(C)O6)ccc5ccc4c3c2)OC1(C)C. The Hall–Kier alpha value is -2.37. The van der Waals surface area contributed by atoms with E-state index in [2.05, 4.69) is 116 Å². The van der Waals surface area contributed by atoms with Crippen LogP contribution in [0, 0.1) is 0 Å². The Balaban J connectivity index is 1.46. The maximum absolute atomic E-state index is 6.34. The molecule has 0 bridgehead atoms. The molecule has 0 amide bonds. The van der Waals surface area contributed by atoms with Crippen LogP contribution < -0.4 is 10.9 Å². The van der Waals surface area contributed by atoms with Gasteiger partial charge in [0, 0.05) is 0 Å². The molecule has 2 fully saturated rings.